The van der Waals surface area contributed by atoms with Crippen LogP contribution in [-0.2, 0) is 16.1 Å². The van der Waals surface area contributed by atoms with Crippen molar-refractivity contribution < 1.29 is 14.3 Å². The van der Waals surface area contributed by atoms with E-state index in [1.807, 2.05) is 0 Å². The molecule has 0 unspecified atom stereocenters. The van der Waals surface area contributed by atoms with Gasteiger partial charge in [-0.25, -0.2) is 9.78 Å². The number of rotatable bonds is 5. The second-order valence-electron chi connectivity index (χ2n) is 6.86. The molecule has 2 aliphatic carbocycles. The molecule has 2 fully saturated rings. The van der Waals surface area contributed by atoms with Gasteiger partial charge in [0.2, 0.25) is 5.91 Å². The Labute approximate surface area is 147 Å². The zero-order valence-electron chi connectivity index (χ0n) is 14.3. The molecule has 2 aliphatic rings. The maximum atomic E-state index is 13.1. The van der Waals surface area contributed by atoms with Gasteiger partial charge < -0.3 is 9.64 Å². The van der Waals surface area contributed by atoms with Gasteiger partial charge in [0.05, 0.1) is 13.7 Å². The van der Waals surface area contributed by atoms with Crippen molar-refractivity contribution in [2.24, 2.45) is 5.92 Å². The minimum Gasteiger partial charge on any atom is -0.464 e. The monoisotopic (exact) mass is 350 g/mol. The van der Waals surface area contributed by atoms with Crippen molar-refractivity contribution in [1.29, 1.82) is 0 Å². The van der Waals surface area contributed by atoms with Gasteiger partial charge in [0, 0.05) is 17.3 Å². The third-order valence-corrected chi connectivity index (χ3v) is 6.09. The molecule has 0 aromatic carbocycles. The highest BCUT2D eigenvalue weighted by Crippen LogP contribution is 2.31. The van der Waals surface area contributed by atoms with Crippen LogP contribution in [0.3, 0.4) is 0 Å². The molecule has 0 radical (unpaired) electrons. The average molecular weight is 350 g/mol. The van der Waals surface area contributed by atoms with Crippen LogP contribution in [0, 0.1) is 5.92 Å². The second kappa shape index (κ2) is 8.10. The van der Waals surface area contributed by atoms with Crippen LogP contribution < -0.4 is 0 Å². The minimum atomic E-state index is -0.413. The topological polar surface area (TPSA) is 59.5 Å². The van der Waals surface area contributed by atoms with Crippen LogP contribution in [0.15, 0.2) is 5.38 Å². The molecule has 1 aromatic heterocycles. The van der Waals surface area contributed by atoms with E-state index in [9.17, 15) is 9.59 Å². The number of carbonyl (C=O) groups excluding carboxylic acids is 2. The van der Waals surface area contributed by atoms with Gasteiger partial charge >= 0.3 is 5.97 Å². The summed E-state index contributed by atoms with van der Waals surface area (Å²) < 4.78 is 4.72. The fourth-order valence-corrected chi connectivity index (χ4v) is 4.68. The summed E-state index contributed by atoms with van der Waals surface area (Å²) >= 11 is 1.44. The molecule has 0 aliphatic heterocycles. The lowest BCUT2D eigenvalue weighted by Gasteiger charge is -2.35. The number of nitrogens with zero attached hydrogens (tertiary/aromatic N) is 2. The first-order valence-electron chi connectivity index (χ1n) is 9.02. The zero-order valence-corrected chi connectivity index (χ0v) is 15.1. The third-order valence-electron chi connectivity index (χ3n) is 5.25. The summed E-state index contributed by atoms with van der Waals surface area (Å²) in [5.41, 5.74) is 0.342. The van der Waals surface area contributed by atoms with Crippen molar-refractivity contribution in [1.82, 2.24) is 9.88 Å². The van der Waals surface area contributed by atoms with Crippen molar-refractivity contribution >= 4 is 23.2 Å². The molecule has 24 heavy (non-hydrogen) atoms. The maximum Gasteiger partial charge on any atom is 0.357 e. The summed E-state index contributed by atoms with van der Waals surface area (Å²) in [7, 11) is 1.36. The highest BCUT2D eigenvalue weighted by atomic mass is 32.1. The number of amides is 1. The van der Waals surface area contributed by atoms with Crippen LogP contribution in [0.2, 0.25) is 0 Å². The van der Waals surface area contributed by atoms with E-state index in [2.05, 4.69) is 9.88 Å². The Balaban J connectivity index is 1.74. The summed E-state index contributed by atoms with van der Waals surface area (Å²) in [4.78, 5) is 31.1. The molecule has 1 heterocycles. The molecule has 3 rings (SSSR count). The van der Waals surface area contributed by atoms with E-state index in [0.29, 0.717) is 24.2 Å². The van der Waals surface area contributed by atoms with E-state index in [1.165, 1.54) is 50.6 Å². The number of carbonyl (C=O) groups is 2. The second-order valence-corrected chi connectivity index (χ2v) is 7.80. The van der Waals surface area contributed by atoms with Crippen LogP contribution in [0.1, 0.15) is 73.3 Å². The highest BCUT2D eigenvalue weighted by Gasteiger charge is 2.32. The maximum absolute atomic E-state index is 13.1. The first-order chi connectivity index (χ1) is 11.7. The van der Waals surface area contributed by atoms with Crippen molar-refractivity contribution in [3.8, 4) is 0 Å². The zero-order chi connectivity index (χ0) is 16.9. The van der Waals surface area contributed by atoms with Gasteiger partial charge in [-0.05, 0) is 25.7 Å². The molecule has 0 bridgehead atoms. The standard InChI is InChI=1S/C18H26N2O3S/c1-23-18(22)15-12-24-16(19-15)11-20(14-9-3-2-4-10-14)17(21)13-7-5-6-8-13/h12-14H,2-11H2,1H3. The van der Waals surface area contributed by atoms with Crippen molar-refractivity contribution in [2.45, 2.75) is 70.4 Å². The van der Waals surface area contributed by atoms with Crippen LogP contribution >= 0.6 is 11.3 Å². The van der Waals surface area contributed by atoms with Crippen molar-refractivity contribution in [3.63, 3.8) is 0 Å². The Morgan fingerprint density at radius 2 is 1.83 bits per heavy atom. The van der Waals surface area contributed by atoms with Gasteiger partial charge in [0.25, 0.3) is 0 Å². The van der Waals surface area contributed by atoms with Gasteiger partial charge in [0.1, 0.15) is 5.01 Å². The minimum absolute atomic E-state index is 0.187. The first kappa shape index (κ1) is 17.4. The fraction of sp³-hybridized carbons (Fsp3) is 0.722. The Kier molecular flexibility index (Phi) is 5.87. The Morgan fingerprint density at radius 3 is 2.50 bits per heavy atom. The van der Waals surface area contributed by atoms with Crippen LogP contribution in [0.4, 0.5) is 0 Å². The largest absolute Gasteiger partial charge is 0.464 e. The summed E-state index contributed by atoms with van der Waals surface area (Å²) in [5, 5.41) is 2.55. The smallest absolute Gasteiger partial charge is 0.357 e. The normalized spacial score (nSPS) is 19.4. The Morgan fingerprint density at radius 1 is 1.17 bits per heavy atom. The molecule has 0 atom stereocenters. The van der Waals surface area contributed by atoms with Gasteiger partial charge in [-0.3, -0.25) is 4.79 Å². The fourth-order valence-electron chi connectivity index (χ4n) is 3.91. The number of thiazole rings is 1. The molecule has 0 N–H and O–H groups in total. The van der Waals surface area contributed by atoms with Crippen molar-refractivity contribution in [3.05, 3.63) is 16.1 Å². The van der Waals surface area contributed by atoms with E-state index < -0.39 is 5.97 Å². The lowest BCUT2D eigenvalue weighted by atomic mass is 9.93. The van der Waals surface area contributed by atoms with E-state index in [-0.39, 0.29) is 5.92 Å². The van der Waals surface area contributed by atoms with Crippen LogP contribution in [-0.4, -0.2) is 34.9 Å². The molecular formula is C18H26N2O3S. The van der Waals surface area contributed by atoms with E-state index in [4.69, 9.17) is 4.74 Å². The summed E-state index contributed by atoms with van der Waals surface area (Å²) in [6.07, 6.45) is 10.2. The number of hydrogen-bond acceptors (Lipinski definition) is 5. The number of methoxy groups -OCH3 is 1. The first-order valence-corrected chi connectivity index (χ1v) is 9.90. The van der Waals surface area contributed by atoms with Crippen LogP contribution in [0.5, 0.6) is 0 Å². The number of esters is 1. The summed E-state index contributed by atoms with van der Waals surface area (Å²) in [6.45, 7) is 0.529. The van der Waals surface area contributed by atoms with Gasteiger partial charge in [-0.1, -0.05) is 32.1 Å². The molecule has 1 aromatic rings. The van der Waals surface area contributed by atoms with Crippen LogP contribution in [0.25, 0.3) is 0 Å². The SMILES string of the molecule is COC(=O)c1csc(CN(C(=O)C2CCCC2)C2CCCCC2)n1. The van der Waals surface area contributed by atoms with Gasteiger partial charge in [0.15, 0.2) is 5.69 Å². The summed E-state index contributed by atoms with van der Waals surface area (Å²) in [6, 6.07) is 0.331. The molecule has 2 saturated carbocycles. The predicted octanol–water partition coefficient (Wildman–Crippen LogP) is 3.78. The van der Waals surface area contributed by atoms with Gasteiger partial charge in [-0.15, -0.1) is 11.3 Å². The summed E-state index contributed by atoms with van der Waals surface area (Å²) in [5.74, 6) is 0.0741. The van der Waals surface area contributed by atoms with E-state index in [0.717, 1.165) is 30.7 Å². The molecule has 5 nitrogen and oxygen atoms in total. The van der Waals surface area contributed by atoms with E-state index in [1.54, 1.807) is 5.38 Å². The number of aromatic nitrogens is 1. The highest BCUT2D eigenvalue weighted by molar-refractivity contribution is 7.09. The van der Waals surface area contributed by atoms with Gasteiger partial charge in [-0.2, -0.15) is 0 Å². The quantitative estimate of drug-likeness (QED) is 0.758. The van der Waals surface area contributed by atoms with E-state index >= 15 is 0 Å². The molecule has 0 spiro atoms. The number of ether oxygens (including phenoxy) is 1. The third kappa shape index (κ3) is 3.97. The predicted molar refractivity (Wildman–Crippen MR) is 92.8 cm³/mol. The molecule has 1 amide bonds. The molecular weight excluding hydrogens is 324 g/mol. The molecule has 6 heteroatoms. The Bertz CT molecular complexity index is 575. The lowest BCUT2D eigenvalue weighted by molar-refractivity contribution is -0.139. The molecule has 132 valence electrons. The number of hydrogen-bond donors (Lipinski definition) is 0. The lowest BCUT2D eigenvalue weighted by Crippen LogP contribution is -2.43. The average Bonchev–Trinajstić information content (AvgIpc) is 3.31. The molecule has 0 saturated heterocycles. The Hall–Kier alpha value is -1.43. The van der Waals surface area contributed by atoms with Crippen molar-refractivity contribution in [2.75, 3.05) is 7.11 Å².